The molecular formula is C12H27N3O. The van der Waals surface area contributed by atoms with Crippen LogP contribution in [0.4, 0.5) is 0 Å². The Balaban J connectivity index is 2.30. The molecular weight excluding hydrogens is 202 g/mol. The van der Waals surface area contributed by atoms with E-state index in [9.17, 15) is 0 Å². The van der Waals surface area contributed by atoms with Crippen molar-refractivity contribution in [2.24, 2.45) is 5.73 Å². The molecule has 0 aromatic rings. The van der Waals surface area contributed by atoms with Crippen LogP contribution in [0, 0.1) is 0 Å². The highest BCUT2D eigenvalue weighted by Gasteiger charge is 2.24. The maximum absolute atomic E-state index is 5.60. The Morgan fingerprint density at radius 2 is 2.06 bits per heavy atom. The van der Waals surface area contributed by atoms with E-state index in [1.165, 1.54) is 13.0 Å². The highest BCUT2D eigenvalue weighted by Crippen LogP contribution is 2.11. The zero-order chi connectivity index (χ0) is 11.8. The lowest BCUT2D eigenvalue weighted by Crippen LogP contribution is -2.54. The van der Waals surface area contributed by atoms with Crippen LogP contribution in [0.5, 0.6) is 0 Å². The first-order chi connectivity index (χ1) is 7.81. The molecule has 0 saturated carbocycles. The number of nitrogens with zero attached hydrogens (tertiary/aromatic N) is 2. The minimum atomic E-state index is 0.681. The summed E-state index contributed by atoms with van der Waals surface area (Å²) in [6.45, 7) is 12.4. The fourth-order valence-corrected chi connectivity index (χ4v) is 2.35. The third kappa shape index (κ3) is 4.37. The van der Waals surface area contributed by atoms with Crippen molar-refractivity contribution in [2.75, 3.05) is 52.5 Å². The fraction of sp³-hybridized carbons (Fsp3) is 1.00. The van der Waals surface area contributed by atoms with Crippen LogP contribution in [0.2, 0.25) is 0 Å². The Morgan fingerprint density at radius 3 is 2.69 bits per heavy atom. The number of hydrogen-bond donors (Lipinski definition) is 1. The molecule has 0 spiro atoms. The van der Waals surface area contributed by atoms with Gasteiger partial charge in [0.1, 0.15) is 0 Å². The van der Waals surface area contributed by atoms with E-state index in [2.05, 4.69) is 23.6 Å². The van der Waals surface area contributed by atoms with Crippen molar-refractivity contribution in [3.05, 3.63) is 0 Å². The molecule has 16 heavy (non-hydrogen) atoms. The molecule has 4 nitrogen and oxygen atoms in total. The van der Waals surface area contributed by atoms with Crippen molar-refractivity contribution in [3.63, 3.8) is 0 Å². The van der Waals surface area contributed by atoms with Crippen molar-refractivity contribution in [2.45, 2.75) is 26.3 Å². The van der Waals surface area contributed by atoms with Gasteiger partial charge in [-0.25, -0.2) is 0 Å². The molecule has 1 aliphatic heterocycles. The van der Waals surface area contributed by atoms with Gasteiger partial charge in [-0.2, -0.15) is 0 Å². The molecule has 1 aliphatic rings. The number of nitrogens with two attached hydrogens (primary N) is 1. The van der Waals surface area contributed by atoms with Crippen molar-refractivity contribution in [1.29, 1.82) is 0 Å². The molecule has 96 valence electrons. The van der Waals surface area contributed by atoms with Crippen molar-refractivity contribution in [1.82, 2.24) is 9.80 Å². The van der Waals surface area contributed by atoms with Gasteiger partial charge in [-0.05, 0) is 13.3 Å². The predicted molar refractivity (Wildman–Crippen MR) is 67.6 cm³/mol. The standard InChI is InChI=1S/C12H27N3O/c1-3-12-11-14(6-5-13)7-8-15(12)9-10-16-4-2/h12H,3-11,13H2,1-2H3. The van der Waals surface area contributed by atoms with Crippen LogP contribution in [-0.4, -0.2) is 68.3 Å². The number of rotatable bonds is 7. The van der Waals surface area contributed by atoms with Crippen LogP contribution in [0.1, 0.15) is 20.3 Å². The van der Waals surface area contributed by atoms with Crippen LogP contribution in [0.3, 0.4) is 0 Å². The lowest BCUT2D eigenvalue weighted by molar-refractivity contribution is 0.0424. The van der Waals surface area contributed by atoms with Crippen LogP contribution < -0.4 is 5.73 Å². The van der Waals surface area contributed by atoms with Gasteiger partial charge in [0.2, 0.25) is 0 Å². The van der Waals surface area contributed by atoms with E-state index in [1.807, 2.05) is 0 Å². The Morgan fingerprint density at radius 1 is 1.25 bits per heavy atom. The zero-order valence-electron chi connectivity index (χ0n) is 10.8. The van der Waals surface area contributed by atoms with E-state index >= 15 is 0 Å². The molecule has 1 rings (SSSR count). The largest absolute Gasteiger partial charge is 0.380 e. The van der Waals surface area contributed by atoms with Crippen LogP contribution in [0.15, 0.2) is 0 Å². The summed E-state index contributed by atoms with van der Waals surface area (Å²) in [7, 11) is 0. The van der Waals surface area contributed by atoms with Gasteiger partial charge in [-0.15, -0.1) is 0 Å². The second-order valence-electron chi connectivity index (χ2n) is 4.38. The molecule has 0 aromatic heterocycles. The third-order valence-electron chi connectivity index (χ3n) is 3.33. The summed E-state index contributed by atoms with van der Waals surface area (Å²) in [5.41, 5.74) is 5.60. The van der Waals surface area contributed by atoms with E-state index in [-0.39, 0.29) is 0 Å². The predicted octanol–water partition coefficient (Wildman–Crippen LogP) is 0.378. The first-order valence-electron chi connectivity index (χ1n) is 6.56. The quantitative estimate of drug-likeness (QED) is 0.641. The number of ether oxygens (including phenoxy) is 1. The lowest BCUT2D eigenvalue weighted by atomic mass is 10.1. The monoisotopic (exact) mass is 229 g/mol. The van der Waals surface area contributed by atoms with Crippen molar-refractivity contribution in [3.8, 4) is 0 Å². The van der Waals surface area contributed by atoms with Crippen LogP contribution >= 0.6 is 0 Å². The van der Waals surface area contributed by atoms with E-state index < -0.39 is 0 Å². The molecule has 1 saturated heterocycles. The van der Waals surface area contributed by atoms with Crippen LogP contribution in [-0.2, 0) is 4.74 Å². The summed E-state index contributed by atoms with van der Waals surface area (Å²) in [5.74, 6) is 0. The second-order valence-corrected chi connectivity index (χ2v) is 4.38. The zero-order valence-corrected chi connectivity index (χ0v) is 10.8. The Bertz CT molecular complexity index is 178. The molecule has 0 bridgehead atoms. The molecule has 1 unspecified atom stereocenters. The van der Waals surface area contributed by atoms with Gasteiger partial charge in [-0.1, -0.05) is 6.92 Å². The first kappa shape index (κ1) is 13.9. The fourth-order valence-electron chi connectivity index (χ4n) is 2.35. The van der Waals surface area contributed by atoms with E-state index in [0.717, 1.165) is 45.9 Å². The number of piperazine rings is 1. The first-order valence-corrected chi connectivity index (χ1v) is 6.56. The molecule has 1 heterocycles. The maximum atomic E-state index is 5.60. The molecule has 0 amide bonds. The topological polar surface area (TPSA) is 41.7 Å². The highest BCUT2D eigenvalue weighted by atomic mass is 16.5. The minimum Gasteiger partial charge on any atom is -0.380 e. The molecule has 1 fully saturated rings. The van der Waals surface area contributed by atoms with Gasteiger partial charge in [0, 0.05) is 51.9 Å². The molecule has 2 N–H and O–H groups in total. The van der Waals surface area contributed by atoms with Crippen molar-refractivity contribution < 1.29 is 4.74 Å². The van der Waals surface area contributed by atoms with Crippen LogP contribution in [0.25, 0.3) is 0 Å². The van der Waals surface area contributed by atoms with Crippen molar-refractivity contribution >= 4 is 0 Å². The van der Waals surface area contributed by atoms with E-state index in [4.69, 9.17) is 10.5 Å². The molecule has 0 aliphatic carbocycles. The van der Waals surface area contributed by atoms with Gasteiger partial charge < -0.3 is 10.5 Å². The van der Waals surface area contributed by atoms with Gasteiger partial charge >= 0.3 is 0 Å². The minimum absolute atomic E-state index is 0.681. The lowest BCUT2D eigenvalue weighted by Gasteiger charge is -2.41. The summed E-state index contributed by atoms with van der Waals surface area (Å²) in [6.07, 6.45) is 1.22. The second kappa shape index (κ2) is 8.01. The smallest absolute Gasteiger partial charge is 0.0593 e. The Kier molecular flexibility index (Phi) is 6.96. The van der Waals surface area contributed by atoms with E-state index in [0.29, 0.717) is 6.04 Å². The van der Waals surface area contributed by atoms with Gasteiger partial charge in [0.05, 0.1) is 6.61 Å². The average molecular weight is 229 g/mol. The molecule has 0 aromatic carbocycles. The normalized spacial score (nSPS) is 23.8. The molecule has 1 atom stereocenters. The highest BCUT2D eigenvalue weighted by molar-refractivity contribution is 4.81. The van der Waals surface area contributed by atoms with Gasteiger partial charge in [-0.3, -0.25) is 9.80 Å². The van der Waals surface area contributed by atoms with Gasteiger partial charge in [0.15, 0.2) is 0 Å². The summed E-state index contributed by atoms with van der Waals surface area (Å²) in [6, 6.07) is 0.681. The Labute approximate surface area is 99.7 Å². The molecule has 0 radical (unpaired) electrons. The molecule has 4 heteroatoms. The Hall–Kier alpha value is -0.160. The number of hydrogen-bond acceptors (Lipinski definition) is 4. The summed E-state index contributed by atoms with van der Waals surface area (Å²) >= 11 is 0. The SMILES string of the molecule is CCOCCN1CCN(CCN)CC1CC. The van der Waals surface area contributed by atoms with Gasteiger partial charge in [0.25, 0.3) is 0 Å². The summed E-state index contributed by atoms with van der Waals surface area (Å²) in [5, 5.41) is 0. The average Bonchev–Trinajstić information content (AvgIpc) is 2.31. The van der Waals surface area contributed by atoms with E-state index in [1.54, 1.807) is 0 Å². The summed E-state index contributed by atoms with van der Waals surface area (Å²) < 4.78 is 5.43. The maximum Gasteiger partial charge on any atom is 0.0593 e. The third-order valence-corrected chi connectivity index (χ3v) is 3.33. The summed E-state index contributed by atoms with van der Waals surface area (Å²) in [4.78, 5) is 5.04.